The van der Waals surface area contributed by atoms with Crippen LogP contribution in [0.3, 0.4) is 0 Å². The van der Waals surface area contributed by atoms with Crippen molar-refractivity contribution in [1.82, 2.24) is 4.90 Å². The summed E-state index contributed by atoms with van der Waals surface area (Å²) >= 11 is 0. The Morgan fingerprint density at radius 2 is 1.63 bits per heavy atom. The molecule has 0 saturated heterocycles. The van der Waals surface area contributed by atoms with Gasteiger partial charge in [-0.15, -0.1) is 0 Å². The molecule has 0 aromatic heterocycles. The third-order valence-electron chi connectivity index (χ3n) is 4.36. The van der Waals surface area contributed by atoms with Gasteiger partial charge in [-0.05, 0) is 43.5 Å². The van der Waals surface area contributed by atoms with Crippen molar-refractivity contribution in [3.63, 3.8) is 0 Å². The Morgan fingerprint density at radius 3 is 2.30 bits per heavy atom. The Balaban J connectivity index is 2.05. The number of carbonyl (C=O) groups is 2. The fraction of sp³-hybridized carbons (Fsp3) is 0.364. The third kappa shape index (κ3) is 6.44. The highest BCUT2D eigenvalue weighted by Gasteiger charge is 2.17. The first kappa shape index (κ1) is 20.5. The minimum atomic E-state index is -0.341. The van der Waals surface area contributed by atoms with Gasteiger partial charge in [-0.25, -0.2) is 0 Å². The van der Waals surface area contributed by atoms with Gasteiger partial charge in [0.1, 0.15) is 5.75 Å². The second-order valence-electron chi connectivity index (χ2n) is 6.68. The van der Waals surface area contributed by atoms with Crippen molar-refractivity contribution in [2.45, 2.75) is 33.7 Å². The molecule has 0 bridgehead atoms. The lowest BCUT2D eigenvalue weighted by molar-refractivity contribution is -0.142. The third-order valence-corrected chi connectivity index (χ3v) is 4.36. The summed E-state index contributed by atoms with van der Waals surface area (Å²) in [5, 5.41) is 0. The predicted molar refractivity (Wildman–Crippen MR) is 105 cm³/mol. The first-order valence-electron chi connectivity index (χ1n) is 8.99. The molecule has 0 atom stereocenters. The first-order chi connectivity index (χ1) is 12.9. The zero-order valence-electron chi connectivity index (χ0n) is 16.5. The number of benzene rings is 2. The van der Waals surface area contributed by atoms with Gasteiger partial charge in [-0.2, -0.15) is 0 Å². The average molecular weight is 369 g/mol. The van der Waals surface area contributed by atoms with Gasteiger partial charge >= 0.3 is 5.97 Å². The lowest BCUT2D eigenvalue weighted by atomic mass is 10.1. The first-order valence-corrected chi connectivity index (χ1v) is 8.99. The second-order valence-corrected chi connectivity index (χ2v) is 6.68. The molecule has 0 spiro atoms. The smallest absolute Gasteiger partial charge is 0.307 e. The molecule has 2 aromatic rings. The van der Waals surface area contributed by atoms with Crippen molar-refractivity contribution in [3.05, 3.63) is 64.7 Å². The summed E-state index contributed by atoms with van der Waals surface area (Å²) < 4.78 is 10.4. The molecule has 0 aliphatic carbocycles. The summed E-state index contributed by atoms with van der Waals surface area (Å²) in [5.74, 6) is 0.194. The Morgan fingerprint density at radius 1 is 0.963 bits per heavy atom. The van der Waals surface area contributed by atoms with E-state index in [4.69, 9.17) is 9.47 Å². The highest BCUT2D eigenvalue weighted by molar-refractivity contribution is 5.78. The molecule has 5 heteroatoms. The zero-order chi connectivity index (χ0) is 19.8. The normalized spacial score (nSPS) is 10.4. The standard InChI is InChI=1S/C22H27NO4/c1-16-6-9-19(10-7-16)14-23(12-11-22(25)26-4)21(24)15-27-20-13-17(2)5-8-18(20)3/h5-10,13H,11-12,14-15H2,1-4H3. The van der Waals surface area contributed by atoms with E-state index < -0.39 is 0 Å². The molecule has 0 unspecified atom stereocenters. The molecule has 0 N–H and O–H groups in total. The van der Waals surface area contributed by atoms with Crippen molar-refractivity contribution in [1.29, 1.82) is 0 Å². The predicted octanol–water partition coefficient (Wildman–Crippen LogP) is 3.58. The summed E-state index contributed by atoms with van der Waals surface area (Å²) in [6, 6.07) is 13.9. The Labute approximate surface area is 160 Å². The minimum absolute atomic E-state index is 0.0721. The maximum absolute atomic E-state index is 12.7. The summed E-state index contributed by atoms with van der Waals surface area (Å²) in [4.78, 5) is 25.9. The van der Waals surface area contributed by atoms with Crippen LogP contribution in [0.2, 0.25) is 0 Å². The van der Waals surface area contributed by atoms with Crippen molar-refractivity contribution in [3.8, 4) is 5.75 Å². The average Bonchev–Trinajstić information content (AvgIpc) is 2.66. The van der Waals surface area contributed by atoms with Crippen LogP contribution in [0.25, 0.3) is 0 Å². The molecule has 144 valence electrons. The number of amides is 1. The van der Waals surface area contributed by atoms with Gasteiger partial charge in [0.2, 0.25) is 0 Å². The largest absolute Gasteiger partial charge is 0.483 e. The maximum atomic E-state index is 12.7. The number of hydrogen-bond donors (Lipinski definition) is 0. The van der Waals surface area contributed by atoms with Gasteiger partial charge in [0, 0.05) is 13.1 Å². The van der Waals surface area contributed by atoms with Crippen LogP contribution in [0.1, 0.15) is 28.7 Å². The van der Waals surface area contributed by atoms with E-state index in [1.807, 2.05) is 63.2 Å². The van der Waals surface area contributed by atoms with Crippen molar-refractivity contribution in [2.75, 3.05) is 20.3 Å². The SMILES string of the molecule is COC(=O)CCN(Cc1ccc(C)cc1)C(=O)COc1cc(C)ccc1C. The van der Waals surface area contributed by atoms with E-state index in [9.17, 15) is 9.59 Å². The maximum Gasteiger partial charge on any atom is 0.307 e. The number of aryl methyl sites for hydroxylation is 3. The molecule has 0 aliphatic rings. The quantitative estimate of drug-likeness (QED) is 0.668. The van der Waals surface area contributed by atoms with Gasteiger partial charge in [-0.3, -0.25) is 9.59 Å². The van der Waals surface area contributed by atoms with Gasteiger partial charge in [0.05, 0.1) is 13.5 Å². The zero-order valence-corrected chi connectivity index (χ0v) is 16.5. The molecule has 27 heavy (non-hydrogen) atoms. The van der Waals surface area contributed by atoms with Crippen molar-refractivity contribution in [2.24, 2.45) is 0 Å². The van der Waals surface area contributed by atoms with E-state index >= 15 is 0 Å². The molecule has 0 heterocycles. The van der Waals surface area contributed by atoms with Gasteiger partial charge < -0.3 is 14.4 Å². The van der Waals surface area contributed by atoms with Crippen molar-refractivity contribution >= 4 is 11.9 Å². The number of carbonyl (C=O) groups excluding carboxylic acids is 2. The van der Waals surface area contributed by atoms with E-state index in [0.29, 0.717) is 12.3 Å². The number of methoxy groups -OCH3 is 1. The number of rotatable bonds is 8. The fourth-order valence-electron chi connectivity index (χ4n) is 2.63. The molecule has 0 radical (unpaired) electrons. The number of esters is 1. The van der Waals surface area contributed by atoms with Gasteiger partial charge in [0.15, 0.2) is 6.61 Å². The van der Waals surface area contributed by atoms with E-state index in [1.165, 1.54) is 7.11 Å². The number of nitrogens with zero attached hydrogens (tertiary/aromatic N) is 1. The molecule has 2 rings (SSSR count). The molecule has 5 nitrogen and oxygen atoms in total. The molecular formula is C22H27NO4. The lowest BCUT2D eigenvalue weighted by Crippen LogP contribution is -2.36. The van der Waals surface area contributed by atoms with Crippen LogP contribution >= 0.6 is 0 Å². The number of hydrogen-bond acceptors (Lipinski definition) is 4. The Bertz CT molecular complexity index is 783. The second kappa shape index (κ2) is 9.76. The minimum Gasteiger partial charge on any atom is -0.483 e. The molecule has 1 amide bonds. The van der Waals surface area contributed by atoms with Crippen LogP contribution in [0.15, 0.2) is 42.5 Å². The summed E-state index contributed by atoms with van der Waals surface area (Å²) in [6.07, 6.45) is 0.150. The van der Waals surface area contributed by atoms with E-state index in [-0.39, 0.29) is 31.4 Å². The fourth-order valence-corrected chi connectivity index (χ4v) is 2.63. The summed E-state index contributed by atoms with van der Waals surface area (Å²) in [6.45, 7) is 6.58. The molecule has 0 aliphatic heterocycles. The van der Waals surface area contributed by atoms with Crippen LogP contribution in [0.4, 0.5) is 0 Å². The van der Waals surface area contributed by atoms with Crippen LogP contribution in [0, 0.1) is 20.8 Å². The van der Waals surface area contributed by atoms with E-state index in [0.717, 1.165) is 22.3 Å². The van der Waals surface area contributed by atoms with Crippen LogP contribution in [-0.4, -0.2) is 37.0 Å². The lowest BCUT2D eigenvalue weighted by Gasteiger charge is -2.23. The van der Waals surface area contributed by atoms with E-state index in [2.05, 4.69) is 0 Å². The van der Waals surface area contributed by atoms with Crippen LogP contribution < -0.4 is 4.74 Å². The van der Waals surface area contributed by atoms with Crippen molar-refractivity contribution < 1.29 is 19.1 Å². The topological polar surface area (TPSA) is 55.8 Å². The van der Waals surface area contributed by atoms with Crippen LogP contribution in [-0.2, 0) is 20.9 Å². The van der Waals surface area contributed by atoms with E-state index in [1.54, 1.807) is 4.90 Å². The molecule has 2 aromatic carbocycles. The highest BCUT2D eigenvalue weighted by Crippen LogP contribution is 2.19. The van der Waals surface area contributed by atoms with Gasteiger partial charge in [-0.1, -0.05) is 42.0 Å². The molecular weight excluding hydrogens is 342 g/mol. The summed E-state index contributed by atoms with van der Waals surface area (Å²) in [5.41, 5.74) is 4.22. The number of ether oxygens (including phenoxy) is 2. The Hall–Kier alpha value is -2.82. The molecule has 0 fully saturated rings. The Kier molecular flexibility index (Phi) is 7.41. The van der Waals surface area contributed by atoms with Gasteiger partial charge in [0.25, 0.3) is 5.91 Å². The summed E-state index contributed by atoms with van der Waals surface area (Å²) in [7, 11) is 1.35. The molecule has 0 saturated carbocycles. The highest BCUT2D eigenvalue weighted by atomic mass is 16.5. The monoisotopic (exact) mass is 369 g/mol. The van der Waals surface area contributed by atoms with Crippen LogP contribution in [0.5, 0.6) is 5.75 Å².